The summed E-state index contributed by atoms with van der Waals surface area (Å²) < 4.78 is 3.28. The molecule has 0 aliphatic carbocycles. The number of amides is 1. The molecular weight excluding hydrogens is 452 g/mol. The molecule has 0 saturated carbocycles. The van der Waals surface area contributed by atoms with E-state index in [0.29, 0.717) is 36.8 Å². The highest BCUT2D eigenvalue weighted by Crippen LogP contribution is 2.27. The number of carbonyl (C=O) groups is 2. The zero-order valence-corrected chi connectivity index (χ0v) is 20.1. The van der Waals surface area contributed by atoms with Crippen LogP contribution in [0.1, 0.15) is 60.3 Å². The van der Waals surface area contributed by atoms with E-state index in [1.165, 1.54) is 4.68 Å². The standard InChI is InChI=1S/C26H29ClN4O3/c1-2-30-25(28-31(26(30)34)18-19-6-4-3-5-7-19)21-14-16-29(17-15-21)24(33)13-12-23(32)20-8-10-22(27)11-9-20/h3-11,21H,2,12-18H2,1H3. The quantitative estimate of drug-likeness (QED) is 0.454. The fourth-order valence-electron chi connectivity index (χ4n) is 4.46. The molecule has 2 heterocycles. The van der Waals surface area contributed by atoms with E-state index < -0.39 is 0 Å². The van der Waals surface area contributed by atoms with Crippen molar-refractivity contribution in [3.05, 3.63) is 87.1 Å². The summed E-state index contributed by atoms with van der Waals surface area (Å²) in [5, 5.41) is 5.26. The number of carbonyl (C=O) groups excluding carboxylic acids is 2. The lowest BCUT2D eigenvalue weighted by Crippen LogP contribution is -2.38. The van der Waals surface area contributed by atoms with Crippen LogP contribution >= 0.6 is 11.6 Å². The van der Waals surface area contributed by atoms with Crippen LogP contribution in [0.15, 0.2) is 59.4 Å². The number of hydrogen-bond acceptors (Lipinski definition) is 4. The SMILES string of the molecule is CCn1c(C2CCN(C(=O)CCC(=O)c3ccc(Cl)cc3)CC2)nn(Cc2ccccc2)c1=O. The number of nitrogens with zero attached hydrogens (tertiary/aromatic N) is 4. The molecule has 1 fully saturated rings. The highest BCUT2D eigenvalue weighted by Gasteiger charge is 2.28. The van der Waals surface area contributed by atoms with Crippen molar-refractivity contribution in [1.29, 1.82) is 0 Å². The Morgan fingerprint density at radius 1 is 1.00 bits per heavy atom. The third kappa shape index (κ3) is 5.47. The van der Waals surface area contributed by atoms with E-state index in [1.807, 2.05) is 42.2 Å². The van der Waals surface area contributed by atoms with E-state index in [1.54, 1.807) is 28.8 Å². The third-order valence-corrected chi connectivity index (χ3v) is 6.64. The maximum absolute atomic E-state index is 12.9. The predicted octanol–water partition coefficient (Wildman–Crippen LogP) is 4.14. The lowest BCUT2D eigenvalue weighted by Gasteiger charge is -2.31. The maximum Gasteiger partial charge on any atom is 0.346 e. The van der Waals surface area contributed by atoms with Crippen LogP contribution in [-0.4, -0.2) is 44.0 Å². The molecular formula is C26H29ClN4O3. The molecule has 0 radical (unpaired) electrons. The molecule has 0 unspecified atom stereocenters. The molecule has 2 aromatic carbocycles. The van der Waals surface area contributed by atoms with E-state index in [9.17, 15) is 14.4 Å². The van der Waals surface area contributed by atoms with Crippen molar-refractivity contribution in [2.75, 3.05) is 13.1 Å². The first-order valence-electron chi connectivity index (χ1n) is 11.7. The minimum Gasteiger partial charge on any atom is -0.343 e. The predicted molar refractivity (Wildman–Crippen MR) is 131 cm³/mol. The van der Waals surface area contributed by atoms with E-state index >= 15 is 0 Å². The topological polar surface area (TPSA) is 77.2 Å². The van der Waals surface area contributed by atoms with E-state index in [4.69, 9.17) is 11.6 Å². The Balaban J connectivity index is 1.34. The first-order chi connectivity index (χ1) is 16.5. The molecule has 0 atom stereocenters. The van der Waals surface area contributed by atoms with Crippen molar-refractivity contribution in [1.82, 2.24) is 19.2 Å². The minimum absolute atomic E-state index is 0.0109. The average Bonchev–Trinajstić information content (AvgIpc) is 3.18. The second kappa shape index (κ2) is 10.8. The lowest BCUT2D eigenvalue weighted by molar-refractivity contribution is -0.132. The van der Waals surface area contributed by atoms with Gasteiger partial charge in [-0.2, -0.15) is 5.10 Å². The van der Waals surface area contributed by atoms with Gasteiger partial charge in [-0.05, 0) is 49.6 Å². The van der Waals surface area contributed by atoms with Gasteiger partial charge >= 0.3 is 5.69 Å². The number of benzene rings is 2. The largest absolute Gasteiger partial charge is 0.346 e. The van der Waals surface area contributed by atoms with Gasteiger partial charge in [0, 0.05) is 49.0 Å². The van der Waals surface area contributed by atoms with Gasteiger partial charge in [-0.15, -0.1) is 0 Å². The summed E-state index contributed by atoms with van der Waals surface area (Å²) in [7, 11) is 0. The highest BCUT2D eigenvalue weighted by molar-refractivity contribution is 6.30. The van der Waals surface area contributed by atoms with Crippen LogP contribution in [0.4, 0.5) is 0 Å². The van der Waals surface area contributed by atoms with Gasteiger partial charge in [-0.25, -0.2) is 9.48 Å². The first-order valence-corrected chi connectivity index (χ1v) is 12.1. The zero-order valence-electron chi connectivity index (χ0n) is 19.3. The van der Waals surface area contributed by atoms with Gasteiger partial charge in [-0.1, -0.05) is 41.9 Å². The molecule has 7 nitrogen and oxygen atoms in total. The van der Waals surface area contributed by atoms with Crippen LogP contribution in [0.3, 0.4) is 0 Å². The second-order valence-electron chi connectivity index (χ2n) is 8.61. The minimum atomic E-state index is -0.0967. The number of piperidine rings is 1. The summed E-state index contributed by atoms with van der Waals surface area (Å²) in [6.07, 6.45) is 1.87. The summed E-state index contributed by atoms with van der Waals surface area (Å²) in [4.78, 5) is 39.8. The number of halogens is 1. The zero-order chi connectivity index (χ0) is 24.1. The van der Waals surface area contributed by atoms with Crippen molar-refractivity contribution in [2.24, 2.45) is 0 Å². The molecule has 0 spiro atoms. The van der Waals surface area contributed by atoms with Crippen molar-refractivity contribution < 1.29 is 9.59 Å². The molecule has 1 aliphatic heterocycles. The summed E-state index contributed by atoms with van der Waals surface area (Å²) >= 11 is 5.87. The Bertz CT molecular complexity index is 1190. The molecule has 1 saturated heterocycles. The molecule has 1 aliphatic rings. The van der Waals surface area contributed by atoms with Crippen LogP contribution in [0.2, 0.25) is 5.02 Å². The van der Waals surface area contributed by atoms with Gasteiger partial charge in [0.2, 0.25) is 5.91 Å². The fraction of sp³-hybridized carbons (Fsp3) is 0.385. The number of rotatable bonds is 8. The molecule has 178 valence electrons. The van der Waals surface area contributed by atoms with Crippen molar-refractivity contribution in [2.45, 2.75) is 51.6 Å². The molecule has 0 bridgehead atoms. The lowest BCUT2D eigenvalue weighted by atomic mass is 9.95. The summed E-state index contributed by atoms with van der Waals surface area (Å²) in [5.74, 6) is 0.858. The summed E-state index contributed by atoms with van der Waals surface area (Å²) in [6.45, 7) is 4.16. The second-order valence-corrected chi connectivity index (χ2v) is 9.05. The first kappa shape index (κ1) is 24.0. The Kier molecular flexibility index (Phi) is 7.63. The molecule has 3 aromatic rings. The average molecular weight is 481 g/mol. The van der Waals surface area contributed by atoms with Crippen LogP contribution in [0.25, 0.3) is 0 Å². The Labute approximate surface area is 204 Å². The number of hydrogen-bond donors (Lipinski definition) is 0. The van der Waals surface area contributed by atoms with Crippen LogP contribution in [0, 0.1) is 0 Å². The van der Waals surface area contributed by atoms with Crippen LogP contribution < -0.4 is 5.69 Å². The summed E-state index contributed by atoms with van der Waals surface area (Å²) in [5.41, 5.74) is 1.51. The maximum atomic E-state index is 12.9. The Morgan fingerprint density at radius 3 is 2.32 bits per heavy atom. The fourth-order valence-corrected chi connectivity index (χ4v) is 4.59. The Morgan fingerprint density at radius 2 is 1.68 bits per heavy atom. The monoisotopic (exact) mass is 480 g/mol. The van der Waals surface area contributed by atoms with E-state index in [0.717, 1.165) is 24.2 Å². The number of aromatic nitrogens is 3. The number of Topliss-reactive ketones (excluding diaryl/α,β-unsaturated/α-hetero) is 1. The number of likely N-dealkylation sites (tertiary alicyclic amines) is 1. The molecule has 4 rings (SSSR count). The smallest absolute Gasteiger partial charge is 0.343 e. The van der Waals surface area contributed by atoms with E-state index in [-0.39, 0.29) is 36.1 Å². The third-order valence-electron chi connectivity index (χ3n) is 6.39. The summed E-state index contributed by atoms with van der Waals surface area (Å²) in [6, 6.07) is 16.6. The molecule has 0 N–H and O–H groups in total. The molecule has 8 heteroatoms. The van der Waals surface area contributed by atoms with Crippen molar-refractivity contribution in [3.8, 4) is 0 Å². The van der Waals surface area contributed by atoms with Gasteiger partial charge in [-0.3, -0.25) is 14.2 Å². The molecule has 1 amide bonds. The number of ketones is 1. The van der Waals surface area contributed by atoms with Gasteiger partial charge in [0.1, 0.15) is 5.82 Å². The van der Waals surface area contributed by atoms with Crippen LogP contribution in [-0.2, 0) is 17.9 Å². The molecule has 1 aromatic heterocycles. The van der Waals surface area contributed by atoms with Gasteiger partial charge in [0.15, 0.2) is 5.78 Å². The Hall–Kier alpha value is -3.19. The van der Waals surface area contributed by atoms with Crippen molar-refractivity contribution >= 4 is 23.3 Å². The van der Waals surface area contributed by atoms with Gasteiger partial charge in [0.25, 0.3) is 0 Å². The van der Waals surface area contributed by atoms with Gasteiger partial charge < -0.3 is 4.90 Å². The van der Waals surface area contributed by atoms with Crippen LogP contribution in [0.5, 0.6) is 0 Å². The molecule has 34 heavy (non-hydrogen) atoms. The highest BCUT2D eigenvalue weighted by atomic mass is 35.5. The van der Waals surface area contributed by atoms with E-state index in [2.05, 4.69) is 5.10 Å². The van der Waals surface area contributed by atoms with Gasteiger partial charge in [0.05, 0.1) is 6.54 Å². The normalized spacial score (nSPS) is 14.4. The van der Waals surface area contributed by atoms with Crippen molar-refractivity contribution in [3.63, 3.8) is 0 Å².